The fourth-order valence-corrected chi connectivity index (χ4v) is 2.96. The lowest BCUT2D eigenvalue weighted by atomic mass is 9.83. The predicted octanol–water partition coefficient (Wildman–Crippen LogP) is 2.11. The van der Waals surface area contributed by atoms with Gasteiger partial charge in [0.1, 0.15) is 6.04 Å². The fourth-order valence-electron chi connectivity index (χ4n) is 2.96. The Morgan fingerprint density at radius 1 is 1.35 bits per heavy atom. The second kappa shape index (κ2) is 6.07. The lowest BCUT2D eigenvalue weighted by Gasteiger charge is -2.30. The first-order chi connectivity index (χ1) is 9.54. The summed E-state index contributed by atoms with van der Waals surface area (Å²) in [7, 11) is 1.60. The van der Waals surface area contributed by atoms with Crippen LogP contribution < -0.4 is 0 Å². The molecule has 0 saturated carbocycles. The maximum atomic E-state index is 12.5. The summed E-state index contributed by atoms with van der Waals surface area (Å²) in [6.07, 6.45) is 2.84. The molecule has 0 spiro atoms. The molecule has 2 atom stereocenters. The highest BCUT2D eigenvalue weighted by atomic mass is 16.4. The van der Waals surface area contributed by atoms with Gasteiger partial charge in [-0.2, -0.15) is 0 Å². The van der Waals surface area contributed by atoms with Gasteiger partial charge in [0.15, 0.2) is 0 Å². The van der Waals surface area contributed by atoms with E-state index in [2.05, 4.69) is 12.1 Å². The first-order valence-corrected chi connectivity index (χ1v) is 7.10. The van der Waals surface area contributed by atoms with Crippen LogP contribution in [-0.2, 0) is 22.4 Å². The molecule has 1 aromatic rings. The Labute approximate surface area is 119 Å². The number of carboxylic acids is 1. The van der Waals surface area contributed by atoms with Gasteiger partial charge in [0.25, 0.3) is 0 Å². The van der Waals surface area contributed by atoms with Crippen molar-refractivity contribution in [3.63, 3.8) is 0 Å². The third-order valence-electron chi connectivity index (χ3n) is 4.18. The van der Waals surface area contributed by atoms with E-state index in [-0.39, 0.29) is 11.8 Å². The summed E-state index contributed by atoms with van der Waals surface area (Å²) >= 11 is 0. The van der Waals surface area contributed by atoms with Gasteiger partial charge in [0.05, 0.1) is 0 Å². The number of fused-ring (bicyclic) bond motifs is 1. The molecule has 1 N–H and O–H groups in total. The SMILES string of the molecule is CCC(C(=O)O)N(C)C(=O)C1CCc2ccccc2C1. The molecule has 0 aliphatic heterocycles. The van der Waals surface area contributed by atoms with Crippen molar-refractivity contribution in [2.75, 3.05) is 7.05 Å². The second-order valence-corrected chi connectivity index (χ2v) is 5.42. The Kier molecular flexibility index (Phi) is 4.42. The topological polar surface area (TPSA) is 57.6 Å². The van der Waals surface area contributed by atoms with Gasteiger partial charge in [-0.15, -0.1) is 0 Å². The number of carboxylic acid groups (broad SMARTS) is 1. The Bertz CT molecular complexity index is 512. The lowest BCUT2D eigenvalue weighted by molar-refractivity contribution is -0.151. The quantitative estimate of drug-likeness (QED) is 0.915. The fraction of sp³-hybridized carbons (Fsp3) is 0.500. The Hall–Kier alpha value is -1.84. The summed E-state index contributed by atoms with van der Waals surface area (Å²) in [4.78, 5) is 25.0. The van der Waals surface area contributed by atoms with E-state index >= 15 is 0 Å². The number of hydrogen-bond donors (Lipinski definition) is 1. The van der Waals surface area contributed by atoms with Crippen LogP contribution in [0.5, 0.6) is 0 Å². The molecule has 1 aliphatic rings. The summed E-state index contributed by atoms with van der Waals surface area (Å²) < 4.78 is 0. The minimum absolute atomic E-state index is 0.0475. The van der Waals surface area contributed by atoms with Crippen molar-refractivity contribution < 1.29 is 14.7 Å². The van der Waals surface area contributed by atoms with E-state index in [0.29, 0.717) is 6.42 Å². The number of carbonyl (C=O) groups excluding carboxylic acids is 1. The molecule has 0 saturated heterocycles. The molecule has 0 heterocycles. The summed E-state index contributed by atoms with van der Waals surface area (Å²) in [5.74, 6) is -1.07. The summed E-state index contributed by atoms with van der Waals surface area (Å²) in [6, 6.07) is 7.45. The molecule has 4 heteroatoms. The van der Waals surface area contributed by atoms with Crippen molar-refractivity contribution in [2.24, 2.45) is 5.92 Å². The van der Waals surface area contributed by atoms with Gasteiger partial charge in [-0.05, 0) is 36.8 Å². The zero-order chi connectivity index (χ0) is 14.7. The van der Waals surface area contributed by atoms with Gasteiger partial charge in [0.2, 0.25) is 5.91 Å². The third kappa shape index (κ3) is 2.84. The molecule has 20 heavy (non-hydrogen) atoms. The number of aliphatic carboxylic acids is 1. The van der Waals surface area contributed by atoms with E-state index in [1.54, 1.807) is 14.0 Å². The Balaban J connectivity index is 2.10. The van der Waals surface area contributed by atoms with Crippen LogP contribution in [0.25, 0.3) is 0 Å². The normalized spacial score (nSPS) is 19.0. The van der Waals surface area contributed by atoms with Gasteiger partial charge in [0, 0.05) is 13.0 Å². The van der Waals surface area contributed by atoms with E-state index in [1.807, 2.05) is 12.1 Å². The number of amides is 1. The Morgan fingerprint density at radius 3 is 2.60 bits per heavy atom. The molecular formula is C16H21NO3. The summed E-state index contributed by atoms with van der Waals surface area (Å²) in [5.41, 5.74) is 2.53. The number of nitrogens with zero attached hydrogens (tertiary/aromatic N) is 1. The average molecular weight is 275 g/mol. The van der Waals surface area contributed by atoms with Crippen molar-refractivity contribution in [1.29, 1.82) is 0 Å². The maximum absolute atomic E-state index is 12.5. The zero-order valence-corrected chi connectivity index (χ0v) is 12.0. The number of hydrogen-bond acceptors (Lipinski definition) is 2. The van der Waals surface area contributed by atoms with E-state index in [0.717, 1.165) is 19.3 Å². The van der Waals surface area contributed by atoms with Crippen LogP contribution in [0, 0.1) is 5.92 Å². The predicted molar refractivity (Wildman–Crippen MR) is 76.4 cm³/mol. The van der Waals surface area contributed by atoms with E-state index < -0.39 is 12.0 Å². The van der Waals surface area contributed by atoms with Crippen LogP contribution >= 0.6 is 0 Å². The van der Waals surface area contributed by atoms with Crippen molar-refractivity contribution in [1.82, 2.24) is 4.90 Å². The smallest absolute Gasteiger partial charge is 0.326 e. The standard InChI is InChI=1S/C16H21NO3/c1-3-14(16(19)20)17(2)15(18)13-9-8-11-6-4-5-7-12(11)10-13/h4-7,13-14H,3,8-10H2,1-2H3,(H,19,20). The van der Waals surface area contributed by atoms with E-state index in [1.165, 1.54) is 16.0 Å². The molecule has 0 aromatic heterocycles. The van der Waals surface area contributed by atoms with Crippen molar-refractivity contribution in [2.45, 2.75) is 38.6 Å². The number of carbonyl (C=O) groups is 2. The molecule has 1 aliphatic carbocycles. The number of aryl methyl sites for hydroxylation is 1. The minimum Gasteiger partial charge on any atom is -0.480 e. The van der Waals surface area contributed by atoms with Gasteiger partial charge >= 0.3 is 5.97 Å². The largest absolute Gasteiger partial charge is 0.480 e. The molecule has 1 amide bonds. The Morgan fingerprint density at radius 2 is 2.00 bits per heavy atom. The first-order valence-electron chi connectivity index (χ1n) is 7.10. The highest BCUT2D eigenvalue weighted by Crippen LogP contribution is 2.27. The van der Waals surface area contributed by atoms with E-state index in [9.17, 15) is 9.59 Å². The average Bonchev–Trinajstić information content (AvgIpc) is 2.46. The van der Waals surface area contributed by atoms with Crippen LogP contribution in [0.2, 0.25) is 0 Å². The highest BCUT2D eigenvalue weighted by molar-refractivity contribution is 5.85. The monoisotopic (exact) mass is 275 g/mol. The number of likely N-dealkylation sites (N-methyl/N-ethyl adjacent to an activating group) is 1. The van der Waals surface area contributed by atoms with Crippen LogP contribution in [0.1, 0.15) is 30.9 Å². The number of benzene rings is 1. The third-order valence-corrected chi connectivity index (χ3v) is 4.18. The molecule has 0 radical (unpaired) electrons. The van der Waals surface area contributed by atoms with Crippen LogP contribution in [0.3, 0.4) is 0 Å². The first kappa shape index (κ1) is 14.6. The molecule has 108 valence electrons. The van der Waals surface area contributed by atoms with Gasteiger partial charge in [-0.1, -0.05) is 31.2 Å². The molecule has 4 nitrogen and oxygen atoms in total. The van der Waals surface area contributed by atoms with Crippen LogP contribution in [-0.4, -0.2) is 35.0 Å². The van der Waals surface area contributed by atoms with Crippen LogP contribution in [0.4, 0.5) is 0 Å². The van der Waals surface area contributed by atoms with Crippen molar-refractivity contribution >= 4 is 11.9 Å². The van der Waals surface area contributed by atoms with Crippen LogP contribution in [0.15, 0.2) is 24.3 Å². The van der Waals surface area contributed by atoms with Gasteiger partial charge in [-0.3, -0.25) is 4.79 Å². The summed E-state index contributed by atoms with van der Waals surface area (Å²) in [5, 5.41) is 9.15. The van der Waals surface area contributed by atoms with Gasteiger partial charge in [-0.25, -0.2) is 4.79 Å². The van der Waals surface area contributed by atoms with E-state index in [4.69, 9.17) is 5.11 Å². The zero-order valence-electron chi connectivity index (χ0n) is 12.0. The number of rotatable bonds is 4. The molecule has 0 fully saturated rings. The highest BCUT2D eigenvalue weighted by Gasteiger charge is 2.31. The van der Waals surface area contributed by atoms with Gasteiger partial charge < -0.3 is 10.0 Å². The molecular weight excluding hydrogens is 254 g/mol. The minimum atomic E-state index is -0.931. The maximum Gasteiger partial charge on any atom is 0.326 e. The molecule has 2 rings (SSSR count). The molecule has 0 bridgehead atoms. The lowest BCUT2D eigenvalue weighted by Crippen LogP contribution is -2.45. The molecule has 1 aromatic carbocycles. The second-order valence-electron chi connectivity index (χ2n) is 5.42. The molecule has 2 unspecified atom stereocenters. The van der Waals surface area contributed by atoms with Crippen molar-refractivity contribution in [3.8, 4) is 0 Å². The van der Waals surface area contributed by atoms with Crippen molar-refractivity contribution in [3.05, 3.63) is 35.4 Å². The summed E-state index contributed by atoms with van der Waals surface area (Å²) in [6.45, 7) is 1.79.